The molecule has 0 atom stereocenters. The molecule has 1 fully saturated rings. The fourth-order valence-electron chi connectivity index (χ4n) is 2.50. The van der Waals surface area contributed by atoms with Gasteiger partial charge in [0.05, 0.1) is 11.9 Å². The Hall–Kier alpha value is -1.82. The van der Waals surface area contributed by atoms with Crippen LogP contribution >= 0.6 is 11.3 Å². The second kappa shape index (κ2) is 5.66. The summed E-state index contributed by atoms with van der Waals surface area (Å²) in [5.74, 6) is 0.204. The van der Waals surface area contributed by atoms with Crippen LogP contribution in [0.5, 0.6) is 0 Å². The summed E-state index contributed by atoms with van der Waals surface area (Å²) < 4.78 is 0. The lowest BCUT2D eigenvalue weighted by Gasteiger charge is -2.32. The fourth-order valence-corrected chi connectivity index (χ4v) is 3.23. The largest absolute Gasteiger partial charge is 0.370 e. The van der Waals surface area contributed by atoms with Gasteiger partial charge in [0.25, 0.3) is 0 Å². The molecule has 3 rings (SSSR count). The molecule has 0 unspecified atom stereocenters. The van der Waals surface area contributed by atoms with E-state index >= 15 is 0 Å². The minimum Gasteiger partial charge on any atom is -0.370 e. The average molecular weight is 288 g/mol. The predicted octanol–water partition coefficient (Wildman–Crippen LogP) is 2.32. The molecule has 20 heavy (non-hydrogen) atoms. The van der Waals surface area contributed by atoms with Crippen molar-refractivity contribution in [2.75, 3.05) is 18.0 Å². The predicted molar refractivity (Wildman–Crippen MR) is 78.9 cm³/mol. The number of carbonyl (C=O) groups is 1. The molecule has 1 saturated heterocycles. The van der Waals surface area contributed by atoms with E-state index < -0.39 is 0 Å². The number of aldehydes is 1. The Bertz CT molecular complexity index is 605. The van der Waals surface area contributed by atoms with Crippen molar-refractivity contribution in [3.05, 3.63) is 23.5 Å². The van der Waals surface area contributed by atoms with Crippen LogP contribution in [0.2, 0.25) is 0 Å². The molecule has 1 aliphatic rings. The molecule has 0 amide bonds. The molecule has 104 valence electrons. The molecule has 0 saturated carbocycles. The molecule has 6 heteroatoms. The molecule has 0 N–H and O–H groups in total. The Kier molecular flexibility index (Phi) is 3.73. The van der Waals surface area contributed by atoms with Crippen LogP contribution in [-0.2, 0) is 4.79 Å². The van der Waals surface area contributed by atoms with E-state index in [1.54, 1.807) is 17.5 Å². The van der Waals surface area contributed by atoms with Gasteiger partial charge < -0.3 is 9.69 Å². The van der Waals surface area contributed by atoms with Gasteiger partial charge in [-0.1, -0.05) is 11.3 Å². The van der Waals surface area contributed by atoms with Crippen molar-refractivity contribution < 1.29 is 4.79 Å². The van der Waals surface area contributed by atoms with Crippen molar-refractivity contribution in [2.45, 2.75) is 19.8 Å². The lowest BCUT2D eigenvalue weighted by Crippen LogP contribution is -2.34. The number of anilines is 1. The van der Waals surface area contributed by atoms with Crippen LogP contribution in [0.4, 0.5) is 5.69 Å². The maximum absolute atomic E-state index is 10.8. The third-order valence-electron chi connectivity index (χ3n) is 3.63. The van der Waals surface area contributed by atoms with E-state index in [1.807, 2.05) is 19.2 Å². The summed E-state index contributed by atoms with van der Waals surface area (Å²) in [6.45, 7) is 3.73. The van der Waals surface area contributed by atoms with Crippen molar-refractivity contribution >= 4 is 23.3 Å². The summed E-state index contributed by atoms with van der Waals surface area (Å²) in [6.07, 6.45) is 6.57. The van der Waals surface area contributed by atoms with Gasteiger partial charge >= 0.3 is 0 Å². The maximum Gasteiger partial charge on any atom is 0.149 e. The zero-order valence-corrected chi connectivity index (χ0v) is 12.1. The smallest absolute Gasteiger partial charge is 0.149 e. The topological polar surface area (TPSA) is 59.0 Å². The molecule has 0 bridgehead atoms. The highest BCUT2D eigenvalue weighted by Gasteiger charge is 2.22. The molecule has 0 spiro atoms. The van der Waals surface area contributed by atoms with Crippen molar-refractivity contribution in [3.63, 3.8) is 0 Å². The van der Waals surface area contributed by atoms with Crippen LogP contribution in [0.15, 0.2) is 18.5 Å². The second-order valence-corrected chi connectivity index (χ2v) is 6.16. The molecule has 3 heterocycles. The van der Waals surface area contributed by atoms with Crippen LogP contribution in [0.1, 0.15) is 17.8 Å². The van der Waals surface area contributed by atoms with E-state index in [0.29, 0.717) is 0 Å². The van der Waals surface area contributed by atoms with Crippen LogP contribution in [0, 0.1) is 12.8 Å². The van der Waals surface area contributed by atoms with Crippen LogP contribution in [0.25, 0.3) is 10.6 Å². The Morgan fingerprint density at radius 1 is 1.35 bits per heavy atom. The summed E-state index contributed by atoms with van der Waals surface area (Å²) in [5, 5.41) is 10.2. The minimum atomic E-state index is 0.204. The SMILES string of the molecule is Cc1nnc(-c2ccncc2N2CCC(C=O)CC2)s1. The third-order valence-corrected chi connectivity index (χ3v) is 4.50. The molecular formula is C14H16N4OS. The fraction of sp³-hybridized carbons (Fsp3) is 0.429. The normalized spacial score (nSPS) is 16.4. The third kappa shape index (κ3) is 2.56. The van der Waals surface area contributed by atoms with Gasteiger partial charge in [0.15, 0.2) is 0 Å². The Morgan fingerprint density at radius 2 is 2.15 bits per heavy atom. The van der Waals surface area contributed by atoms with Crippen LogP contribution in [-0.4, -0.2) is 34.6 Å². The first-order valence-electron chi connectivity index (χ1n) is 6.72. The first kappa shape index (κ1) is 13.2. The number of rotatable bonds is 3. The van der Waals surface area contributed by atoms with Crippen molar-refractivity contribution in [1.29, 1.82) is 0 Å². The second-order valence-electron chi connectivity index (χ2n) is 4.98. The highest BCUT2D eigenvalue weighted by Crippen LogP contribution is 2.33. The van der Waals surface area contributed by atoms with Crippen LogP contribution in [0.3, 0.4) is 0 Å². The number of carbonyl (C=O) groups excluding carboxylic acids is 1. The van der Waals surface area contributed by atoms with Crippen molar-refractivity contribution in [2.24, 2.45) is 5.92 Å². The van der Waals surface area contributed by atoms with Gasteiger partial charge in [0.2, 0.25) is 0 Å². The molecule has 0 radical (unpaired) electrons. The number of aromatic nitrogens is 3. The molecule has 2 aromatic rings. The Balaban J connectivity index is 1.89. The lowest BCUT2D eigenvalue weighted by atomic mass is 9.98. The highest BCUT2D eigenvalue weighted by molar-refractivity contribution is 7.14. The zero-order chi connectivity index (χ0) is 13.9. The van der Waals surface area contributed by atoms with Crippen molar-refractivity contribution in [3.8, 4) is 10.6 Å². The summed E-state index contributed by atoms with van der Waals surface area (Å²) in [6, 6.07) is 1.99. The van der Waals surface area contributed by atoms with E-state index in [1.165, 1.54) is 0 Å². The monoisotopic (exact) mass is 288 g/mol. The molecule has 0 aromatic carbocycles. The molecule has 5 nitrogen and oxygen atoms in total. The number of hydrogen-bond donors (Lipinski definition) is 0. The van der Waals surface area contributed by atoms with Gasteiger partial charge in [-0.15, -0.1) is 10.2 Å². The van der Waals surface area contributed by atoms with Gasteiger partial charge in [-0.2, -0.15) is 0 Å². The summed E-state index contributed by atoms with van der Waals surface area (Å²) in [5.41, 5.74) is 2.17. The number of piperidine rings is 1. The first-order valence-corrected chi connectivity index (χ1v) is 7.54. The molecular weight excluding hydrogens is 272 g/mol. The number of aryl methyl sites for hydroxylation is 1. The van der Waals surface area contributed by atoms with Crippen LogP contribution < -0.4 is 4.90 Å². The van der Waals surface area contributed by atoms with E-state index in [9.17, 15) is 4.79 Å². The van der Waals surface area contributed by atoms with Gasteiger partial charge in [-0.3, -0.25) is 4.98 Å². The standard InChI is InChI=1S/C14H16N4OS/c1-10-16-17-14(20-10)12-2-5-15-8-13(12)18-6-3-11(9-19)4-7-18/h2,5,8-9,11H,3-4,6-7H2,1H3. The minimum absolute atomic E-state index is 0.204. The first-order chi connectivity index (χ1) is 9.78. The summed E-state index contributed by atoms with van der Waals surface area (Å²) in [7, 11) is 0. The van der Waals surface area contributed by atoms with E-state index in [4.69, 9.17) is 0 Å². The van der Waals surface area contributed by atoms with Gasteiger partial charge in [0, 0.05) is 30.8 Å². The Morgan fingerprint density at radius 3 is 2.80 bits per heavy atom. The quantitative estimate of drug-likeness (QED) is 0.811. The molecule has 0 aliphatic carbocycles. The van der Waals surface area contributed by atoms with Crippen molar-refractivity contribution in [1.82, 2.24) is 15.2 Å². The van der Waals surface area contributed by atoms with E-state index in [-0.39, 0.29) is 5.92 Å². The number of pyridine rings is 1. The Labute approximate surface area is 121 Å². The van der Waals surface area contributed by atoms with E-state index in [0.717, 1.165) is 53.5 Å². The number of hydrogen-bond acceptors (Lipinski definition) is 6. The zero-order valence-electron chi connectivity index (χ0n) is 11.3. The van der Waals surface area contributed by atoms with E-state index in [2.05, 4.69) is 20.1 Å². The summed E-state index contributed by atoms with van der Waals surface area (Å²) >= 11 is 1.59. The molecule has 2 aromatic heterocycles. The lowest BCUT2D eigenvalue weighted by molar-refractivity contribution is -0.111. The number of nitrogens with zero attached hydrogens (tertiary/aromatic N) is 4. The van der Waals surface area contributed by atoms with Gasteiger partial charge in [-0.25, -0.2) is 0 Å². The summed E-state index contributed by atoms with van der Waals surface area (Å²) in [4.78, 5) is 17.4. The highest BCUT2D eigenvalue weighted by atomic mass is 32.1. The van der Waals surface area contributed by atoms with Gasteiger partial charge in [-0.05, 0) is 25.8 Å². The molecule has 1 aliphatic heterocycles. The maximum atomic E-state index is 10.8. The van der Waals surface area contributed by atoms with Gasteiger partial charge in [0.1, 0.15) is 16.3 Å². The average Bonchev–Trinajstić information content (AvgIpc) is 2.94.